The third kappa shape index (κ3) is 3.42. The summed E-state index contributed by atoms with van der Waals surface area (Å²) < 4.78 is 0. The van der Waals surface area contributed by atoms with Gasteiger partial charge in [0.2, 0.25) is 5.95 Å². The second-order valence-corrected chi connectivity index (χ2v) is 5.12. The molecule has 0 aliphatic carbocycles. The number of anilines is 1. The summed E-state index contributed by atoms with van der Waals surface area (Å²) in [4.78, 5) is 11.3. The summed E-state index contributed by atoms with van der Waals surface area (Å²) >= 11 is 0. The minimum Gasteiger partial charge on any atom is -0.341 e. The second kappa shape index (κ2) is 6.69. The molecule has 1 aromatic heterocycles. The van der Waals surface area contributed by atoms with E-state index in [9.17, 15) is 0 Å². The van der Waals surface area contributed by atoms with Gasteiger partial charge in [-0.2, -0.15) is 0 Å². The Hall–Kier alpha value is -1.16. The van der Waals surface area contributed by atoms with Gasteiger partial charge in [0.05, 0.1) is 0 Å². The Bertz CT molecular complexity index is 349. The largest absolute Gasteiger partial charge is 0.341 e. The van der Waals surface area contributed by atoms with E-state index in [0.29, 0.717) is 6.54 Å². The summed E-state index contributed by atoms with van der Waals surface area (Å²) in [6.45, 7) is 5.13. The van der Waals surface area contributed by atoms with E-state index in [4.69, 9.17) is 5.73 Å². The number of rotatable bonds is 4. The maximum atomic E-state index is 5.53. The first kappa shape index (κ1) is 13.3. The van der Waals surface area contributed by atoms with Crippen LogP contribution in [0.4, 0.5) is 5.95 Å². The molecule has 0 radical (unpaired) electrons. The highest BCUT2D eigenvalue weighted by molar-refractivity contribution is 5.30. The standard InChI is InChI=1S/C14H24N4/c1-2-12-4-3-8-18(9-6-12)14-16-10-13(5-7-15)11-17-14/h10-12H,2-9,15H2,1H3. The van der Waals surface area contributed by atoms with Crippen LogP contribution in [0.1, 0.15) is 38.2 Å². The maximum absolute atomic E-state index is 5.53. The Morgan fingerprint density at radius 3 is 2.72 bits per heavy atom. The van der Waals surface area contributed by atoms with E-state index in [0.717, 1.165) is 36.9 Å². The van der Waals surface area contributed by atoms with E-state index in [1.165, 1.54) is 25.7 Å². The summed E-state index contributed by atoms with van der Waals surface area (Å²) in [5, 5.41) is 0. The van der Waals surface area contributed by atoms with Gasteiger partial charge in [0, 0.05) is 25.5 Å². The van der Waals surface area contributed by atoms with Gasteiger partial charge in [-0.15, -0.1) is 0 Å². The van der Waals surface area contributed by atoms with Crippen molar-refractivity contribution in [3.63, 3.8) is 0 Å². The molecule has 1 aromatic rings. The van der Waals surface area contributed by atoms with Crippen LogP contribution in [0.15, 0.2) is 12.4 Å². The van der Waals surface area contributed by atoms with Gasteiger partial charge >= 0.3 is 0 Å². The van der Waals surface area contributed by atoms with Crippen LogP contribution in [0.3, 0.4) is 0 Å². The summed E-state index contributed by atoms with van der Waals surface area (Å²) in [5.41, 5.74) is 6.65. The summed E-state index contributed by atoms with van der Waals surface area (Å²) in [6, 6.07) is 0. The lowest BCUT2D eigenvalue weighted by Crippen LogP contribution is -2.26. The van der Waals surface area contributed by atoms with Crippen LogP contribution in [0.2, 0.25) is 0 Å². The highest BCUT2D eigenvalue weighted by Gasteiger charge is 2.17. The zero-order chi connectivity index (χ0) is 12.8. The van der Waals surface area contributed by atoms with E-state index in [2.05, 4.69) is 21.8 Å². The van der Waals surface area contributed by atoms with Gasteiger partial charge in [-0.25, -0.2) is 9.97 Å². The van der Waals surface area contributed by atoms with Crippen LogP contribution in [0.5, 0.6) is 0 Å². The van der Waals surface area contributed by atoms with E-state index >= 15 is 0 Å². The highest BCUT2D eigenvalue weighted by atomic mass is 15.2. The average molecular weight is 248 g/mol. The number of nitrogens with two attached hydrogens (primary N) is 1. The fourth-order valence-electron chi connectivity index (χ4n) is 2.58. The van der Waals surface area contributed by atoms with Crippen molar-refractivity contribution in [2.45, 2.75) is 39.0 Å². The van der Waals surface area contributed by atoms with Crippen LogP contribution in [0, 0.1) is 5.92 Å². The van der Waals surface area contributed by atoms with Gasteiger partial charge in [-0.05, 0) is 43.7 Å². The van der Waals surface area contributed by atoms with Gasteiger partial charge in [0.1, 0.15) is 0 Å². The third-order valence-corrected chi connectivity index (χ3v) is 3.83. The molecule has 0 aromatic carbocycles. The Labute approximate surface area is 110 Å². The van der Waals surface area contributed by atoms with Crippen molar-refractivity contribution in [2.24, 2.45) is 11.7 Å². The fourth-order valence-corrected chi connectivity index (χ4v) is 2.58. The average Bonchev–Trinajstić information content (AvgIpc) is 2.65. The third-order valence-electron chi connectivity index (χ3n) is 3.83. The van der Waals surface area contributed by atoms with Crippen molar-refractivity contribution in [1.29, 1.82) is 0 Å². The molecule has 2 heterocycles. The molecule has 0 spiro atoms. The first-order valence-electron chi connectivity index (χ1n) is 7.09. The summed E-state index contributed by atoms with van der Waals surface area (Å²) in [7, 11) is 0. The smallest absolute Gasteiger partial charge is 0.225 e. The molecule has 0 bridgehead atoms. The molecule has 2 N–H and O–H groups in total. The van der Waals surface area contributed by atoms with Gasteiger partial charge < -0.3 is 10.6 Å². The Kier molecular flexibility index (Phi) is 4.93. The lowest BCUT2D eigenvalue weighted by atomic mass is 9.98. The number of hydrogen-bond donors (Lipinski definition) is 1. The quantitative estimate of drug-likeness (QED) is 0.885. The van der Waals surface area contributed by atoms with Crippen LogP contribution in [-0.2, 0) is 6.42 Å². The molecule has 1 aliphatic heterocycles. The van der Waals surface area contributed by atoms with Crippen LogP contribution >= 0.6 is 0 Å². The molecular weight excluding hydrogens is 224 g/mol. The Morgan fingerprint density at radius 1 is 1.28 bits per heavy atom. The Morgan fingerprint density at radius 2 is 2.06 bits per heavy atom. The normalized spacial score (nSPS) is 20.8. The van der Waals surface area contributed by atoms with Gasteiger partial charge in [0.15, 0.2) is 0 Å². The van der Waals surface area contributed by atoms with Crippen LogP contribution < -0.4 is 10.6 Å². The minimum absolute atomic E-state index is 0.657. The first-order chi connectivity index (χ1) is 8.83. The molecule has 18 heavy (non-hydrogen) atoms. The number of aromatic nitrogens is 2. The maximum Gasteiger partial charge on any atom is 0.225 e. The molecule has 100 valence electrons. The van der Waals surface area contributed by atoms with Crippen molar-refractivity contribution in [3.05, 3.63) is 18.0 Å². The Balaban J connectivity index is 1.98. The zero-order valence-electron chi connectivity index (χ0n) is 11.3. The molecule has 4 nitrogen and oxygen atoms in total. The van der Waals surface area contributed by atoms with Crippen molar-refractivity contribution < 1.29 is 0 Å². The molecule has 1 unspecified atom stereocenters. The molecule has 1 saturated heterocycles. The van der Waals surface area contributed by atoms with Crippen molar-refractivity contribution in [3.8, 4) is 0 Å². The predicted molar refractivity (Wildman–Crippen MR) is 74.6 cm³/mol. The fraction of sp³-hybridized carbons (Fsp3) is 0.714. The minimum atomic E-state index is 0.657. The molecule has 0 amide bonds. The summed E-state index contributed by atoms with van der Waals surface area (Å²) in [5.74, 6) is 1.76. The molecule has 1 fully saturated rings. The van der Waals surface area contributed by atoms with E-state index in [-0.39, 0.29) is 0 Å². The predicted octanol–water partition coefficient (Wildman–Crippen LogP) is 1.99. The monoisotopic (exact) mass is 248 g/mol. The first-order valence-corrected chi connectivity index (χ1v) is 7.09. The molecule has 1 aliphatic rings. The van der Waals surface area contributed by atoms with Crippen molar-refractivity contribution in [1.82, 2.24) is 9.97 Å². The molecule has 1 atom stereocenters. The van der Waals surface area contributed by atoms with Gasteiger partial charge in [0.25, 0.3) is 0 Å². The van der Waals surface area contributed by atoms with Gasteiger partial charge in [-0.3, -0.25) is 0 Å². The molecular formula is C14H24N4. The SMILES string of the molecule is CCC1CCCN(c2ncc(CCN)cn2)CC1. The van der Waals surface area contributed by atoms with Crippen molar-refractivity contribution in [2.75, 3.05) is 24.5 Å². The van der Waals surface area contributed by atoms with E-state index in [1.54, 1.807) is 0 Å². The lowest BCUT2D eigenvalue weighted by Gasteiger charge is -2.20. The molecule has 0 saturated carbocycles. The summed E-state index contributed by atoms with van der Waals surface area (Å²) in [6.07, 6.45) is 9.85. The van der Waals surface area contributed by atoms with E-state index < -0.39 is 0 Å². The van der Waals surface area contributed by atoms with Crippen LogP contribution in [0.25, 0.3) is 0 Å². The number of nitrogens with zero attached hydrogens (tertiary/aromatic N) is 3. The number of hydrogen-bond acceptors (Lipinski definition) is 4. The van der Waals surface area contributed by atoms with E-state index in [1.807, 2.05) is 12.4 Å². The van der Waals surface area contributed by atoms with Crippen LogP contribution in [-0.4, -0.2) is 29.6 Å². The van der Waals surface area contributed by atoms with Gasteiger partial charge in [-0.1, -0.05) is 13.3 Å². The second-order valence-electron chi connectivity index (χ2n) is 5.12. The van der Waals surface area contributed by atoms with Crippen molar-refractivity contribution >= 4 is 5.95 Å². The highest BCUT2D eigenvalue weighted by Crippen LogP contribution is 2.22. The molecule has 2 rings (SSSR count). The topological polar surface area (TPSA) is 55.0 Å². The zero-order valence-corrected chi connectivity index (χ0v) is 11.3. The lowest BCUT2D eigenvalue weighted by molar-refractivity contribution is 0.459. The molecule has 4 heteroatoms.